The van der Waals surface area contributed by atoms with Gasteiger partial charge in [-0.15, -0.1) is 13.2 Å². The summed E-state index contributed by atoms with van der Waals surface area (Å²) in [5.41, 5.74) is 0.701. The van der Waals surface area contributed by atoms with Gasteiger partial charge in [-0.3, -0.25) is 4.79 Å². The summed E-state index contributed by atoms with van der Waals surface area (Å²) in [4.78, 5) is 12.6. The largest absolute Gasteiger partial charge is 0.573 e. The Labute approximate surface area is 159 Å². The van der Waals surface area contributed by atoms with Crippen molar-refractivity contribution in [3.05, 3.63) is 66.2 Å². The lowest BCUT2D eigenvalue weighted by Gasteiger charge is -2.17. The summed E-state index contributed by atoms with van der Waals surface area (Å²) < 4.78 is 46.8. The van der Waals surface area contributed by atoms with Gasteiger partial charge in [-0.2, -0.15) is 0 Å². The maximum Gasteiger partial charge on any atom is 0.573 e. The number of hydrogen-bond donors (Lipinski definition) is 1. The summed E-state index contributed by atoms with van der Waals surface area (Å²) in [7, 11) is 1.59. The Morgan fingerprint density at radius 2 is 1.68 bits per heavy atom. The summed E-state index contributed by atoms with van der Waals surface area (Å²) >= 11 is 0. The van der Waals surface area contributed by atoms with Gasteiger partial charge >= 0.3 is 6.36 Å². The van der Waals surface area contributed by atoms with Gasteiger partial charge in [0.05, 0.1) is 18.7 Å². The highest BCUT2D eigenvalue weighted by molar-refractivity contribution is 5.97. The lowest BCUT2D eigenvalue weighted by Crippen LogP contribution is -2.22. The molecule has 146 valence electrons. The van der Waals surface area contributed by atoms with E-state index < -0.39 is 23.9 Å². The molecule has 0 unspecified atom stereocenters. The molecule has 3 rings (SSSR count). The lowest BCUT2D eigenvalue weighted by atomic mass is 9.97. The van der Waals surface area contributed by atoms with Crippen molar-refractivity contribution < 1.29 is 27.4 Å². The van der Waals surface area contributed by atoms with E-state index in [0.29, 0.717) is 0 Å². The Kier molecular flexibility index (Phi) is 5.44. The minimum absolute atomic E-state index is 0.0396. The van der Waals surface area contributed by atoms with Gasteiger partial charge in [-0.1, -0.05) is 36.4 Å². The van der Waals surface area contributed by atoms with E-state index in [2.05, 4.69) is 10.1 Å². The zero-order chi connectivity index (χ0) is 20.3. The molecule has 0 aromatic heterocycles. The van der Waals surface area contributed by atoms with Crippen molar-refractivity contribution in [2.24, 2.45) is 0 Å². The number of anilines is 1. The second-order valence-electron chi connectivity index (χ2n) is 6.23. The van der Waals surface area contributed by atoms with E-state index in [0.717, 1.165) is 28.2 Å². The second kappa shape index (κ2) is 7.80. The number of hydrogen-bond acceptors (Lipinski definition) is 3. The molecule has 4 nitrogen and oxygen atoms in total. The number of carbonyl (C=O) groups is 1. The predicted molar refractivity (Wildman–Crippen MR) is 101 cm³/mol. The molecule has 0 fully saturated rings. The molecule has 1 N–H and O–H groups in total. The molecule has 1 amide bonds. The number of halogens is 3. The number of alkyl halides is 3. The quantitative estimate of drug-likeness (QED) is 0.628. The van der Waals surface area contributed by atoms with Gasteiger partial charge in [0, 0.05) is 0 Å². The molecule has 3 aromatic carbocycles. The number of methoxy groups -OCH3 is 1. The summed E-state index contributed by atoms with van der Waals surface area (Å²) in [6, 6.07) is 16.6. The average molecular weight is 389 g/mol. The van der Waals surface area contributed by atoms with E-state index in [1.807, 2.05) is 36.4 Å². The highest BCUT2D eigenvalue weighted by atomic mass is 19.4. The monoisotopic (exact) mass is 389 g/mol. The van der Waals surface area contributed by atoms with Crippen LogP contribution in [-0.4, -0.2) is 19.4 Å². The predicted octanol–water partition coefficient (Wildman–Crippen LogP) is 5.49. The molecular formula is C21H18F3NO3. The SMILES string of the molecule is COc1ccc2cc([C@@H](C)C(=O)Nc3ccccc3OC(F)(F)F)ccc2c1. The number of carbonyl (C=O) groups excluding carboxylic acids is 1. The van der Waals surface area contributed by atoms with Gasteiger partial charge in [0.2, 0.25) is 5.91 Å². The van der Waals surface area contributed by atoms with Crippen LogP contribution < -0.4 is 14.8 Å². The third kappa shape index (κ3) is 4.54. The number of fused-ring (bicyclic) bond motifs is 1. The molecule has 3 aromatic rings. The van der Waals surface area contributed by atoms with Crippen molar-refractivity contribution in [2.45, 2.75) is 19.2 Å². The molecule has 0 spiro atoms. The summed E-state index contributed by atoms with van der Waals surface area (Å²) in [6.45, 7) is 1.69. The zero-order valence-electron chi connectivity index (χ0n) is 15.2. The van der Waals surface area contributed by atoms with Crippen molar-refractivity contribution in [3.63, 3.8) is 0 Å². The summed E-state index contributed by atoms with van der Waals surface area (Å²) in [6.07, 6.45) is -4.84. The van der Waals surface area contributed by atoms with Crippen LogP contribution in [0.3, 0.4) is 0 Å². The Morgan fingerprint density at radius 1 is 1.00 bits per heavy atom. The van der Waals surface area contributed by atoms with Crippen molar-refractivity contribution in [3.8, 4) is 11.5 Å². The molecule has 7 heteroatoms. The van der Waals surface area contributed by atoms with Crippen LogP contribution in [0.5, 0.6) is 11.5 Å². The van der Waals surface area contributed by atoms with Crippen LogP contribution in [0, 0.1) is 0 Å². The maximum atomic E-state index is 12.6. The fourth-order valence-electron chi connectivity index (χ4n) is 2.81. The highest BCUT2D eigenvalue weighted by Crippen LogP contribution is 2.31. The van der Waals surface area contributed by atoms with Gasteiger partial charge in [-0.05, 0) is 47.5 Å². The molecule has 28 heavy (non-hydrogen) atoms. The number of rotatable bonds is 5. The molecule has 0 saturated carbocycles. The smallest absolute Gasteiger partial charge is 0.497 e. The molecule has 0 saturated heterocycles. The van der Waals surface area contributed by atoms with Gasteiger partial charge in [-0.25, -0.2) is 0 Å². The minimum Gasteiger partial charge on any atom is -0.497 e. The van der Waals surface area contributed by atoms with Crippen LogP contribution in [0.25, 0.3) is 10.8 Å². The van der Waals surface area contributed by atoms with Gasteiger partial charge < -0.3 is 14.8 Å². The number of ether oxygens (including phenoxy) is 2. The molecular weight excluding hydrogens is 371 g/mol. The zero-order valence-corrected chi connectivity index (χ0v) is 15.2. The fourth-order valence-corrected chi connectivity index (χ4v) is 2.81. The first kappa shape index (κ1) is 19.5. The molecule has 0 heterocycles. The number of para-hydroxylation sites is 2. The van der Waals surface area contributed by atoms with Crippen LogP contribution in [0.15, 0.2) is 60.7 Å². The van der Waals surface area contributed by atoms with Crippen LogP contribution in [0.2, 0.25) is 0 Å². The van der Waals surface area contributed by atoms with Gasteiger partial charge in [0.1, 0.15) is 5.75 Å². The van der Waals surface area contributed by atoms with Gasteiger partial charge in [0.15, 0.2) is 5.75 Å². The van der Waals surface area contributed by atoms with Crippen molar-refractivity contribution in [1.82, 2.24) is 0 Å². The first-order valence-electron chi connectivity index (χ1n) is 8.50. The first-order chi connectivity index (χ1) is 13.3. The Bertz CT molecular complexity index is 1000. The third-order valence-electron chi connectivity index (χ3n) is 4.34. The standard InChI is InChI=1S/C21H18F3NO3/c1-13(14-7-8-16-12-17(27-2)10-9-15(16)11-14)20(26)25-18-5-3-4-6-19(18)28-21(22,23)24/h3-13H,1-2H3,(H,25,26)/t13-/m1/s1. The van der Waals surface area contributed by atoms with E-state index in [1.165, 1.54) is 18.2 Å². The highest BCUT2D eigenvalue weighted by Gasteiger charge is 2.32. The molecule has 0 aliphatic carbocycles. The van der Waals surface area contributed by atoms with Crippen LogP contribution >= 0.6 is 0 Å². The number of benzene rings is 3. The maximum absolute atomic E-state index is 12.6. The molecule has 0 bridgehead atoms. The molecule has 0 aliphatic rings. The Morgan fingerprint density at radius 3 is 2.39 bits per heavy atom. The number of amides is 1. The van der Waals surface area contributed by atoms with Crippen molar-refractivity contribution in [1.29, 1.82) is 0 Å². The summed E-state index contributed by atoms with van der Waals surface area (Å²) in [5.74, 6) is -0.745. The topological polar surface area (TPSA) is 47.6 Å². The summed E-state index contributed by atoms with van der Waals surface area (Å²) in [5, 5.41) is 4.40. The first-order valence-corrected chi connectivity index (χ1v) is 8.50. The van der Waals surface area contributed by atoms with E-state index in [9.17, 15) is 18.0 Å². The minimum atomic E-state index is -4.84. The third-order valence-corrected chi connectivity index (χ3v) is 4.34. The van der Waals surface area contributed by atoms with Crippen molar-refractivity contribution >= 4 is 22.4 Å². The normalized spacial score (nSPS) is 12.5. The van der Waals surface area contributed by atoms with E-state index in [1.54, 1.807) is 14.0 Å². The molecule has 1 atom stereocenters. The lowest BCUT2D eigenvalue weighted by molar-refractivity contribution is -0.274. The average Bonchev–Trinajstić information content (AvgIpc) is 2.66. The fraction of sp³-hybridized carbons (Fsp3) is 0.190. The van der Waals surface area contributed by atoms with E-state index >= 15 is 0 Å². The molecule has 0 aliphatic heterocycles. The second-order valence-corrected chi connectivity index (χ2v) is 6.23. The van der Waals surface area contributed by atoms with Crippen molar-refractivity contribution in [2.75, 3.05) is 12.4 Å². The van der Waals surface area contributed by atoms with E-state index in [4.69, 9.17) is 4.74 Å². The molecule has 0 radical (unpaired) electrons. The number of nitrogens with one attached hydrogen (secondary N) is 1. The Balaban J connectivity index is 1.81. The van der Waals surface area contributed by atoms with Crippen LogP contribution in [0.1, 0.15) is 18.4 Å². The van der Waals surface area contributed by atoms with Crippen LogP contribution in [0.4, 0.5) is 18.9 Å². The Hall–Kier alpha value is -3.22. The van der Waals surface area contributed by atoms with E-state index in [-0.39, 0.29) is 5.69 Å². The van der Waals surface area contributed by atoms with Gasteiger partial charge in [0.25, 0.3) is 0 Å². The van der Waals surface area contributed by atoms with Crippen LogP contribution in [-0.2, 0) is 4.79 Å².